The lowest BCUT2D eigenvalue weighted by Gasteiger charge is -1.96. The van der Waals surface area contributed by atoms with Crippen LogP contribution < -0.4 is 0 Å². The van der Waals surface area contributed by atoms with Crippen molar-refractivity contribution in [2.75, 3.05) is 0 Å². The highest BCUT2D eigenvalue weighted by Gasteiger charge is 1.96. The zero-order valence-corrected chi connectivity index (χ0v) is 8.24. The molecular formula is C8H8INO. The van der Waals surface area contributed by atoms with E-state index in [1.54, 1.807) is 0 Å². The molecule has 0 heterocycles. The molecule has 0 atom stereocenters. The van der Waals surface area contributed by atoms with Crippen LogP contribution in [0.3, 0.4) is 0 Å². The van der Waals surface area contributed by atoms with E-state index in [0.717, 1.165) is 5.56 Å². The van der Waals surface area contributed by atoms with Gasteiger partial charge in [-0.25, -0.2) is 0 Å². The maximum Gasteiger partial charge on any atom is 0.147 e. The first-order valence-corrected chi connectivity index (χ1v) is 4.26. The summed E-state index contributed by atoms with van der Waals surface area (Å²) in [6, 6.07) is 7.83. The van der Waals surface area contributed by atoms with Gasteiger partial charge in [0.2, 0.25) is 0 Å². The predicted octanol–water partition coefficient (Wildman–Crippen LogP) is 2.57. The predicted molar refractivity (Wildman–Crippen MR) is 53.5 cm³/mol. The Labute approximate surface area is 79.1 Å². The van der Waals surface area contributed by atoms with Gasteiger partial charge in [-0.05, 0) is 29.5 Å². The van der Waals surface area contributed by atoms with Crippen molar-refractivity contribution in [2.24, 2.45) is 5.16 Å². The standard InChI is InChI=1S/C8H8INO/c1-6-2-4-7(5-3-6)8(9)10-11/h2-5,11H,1H3/b10-8+. The molecule has 0 amide bonds. The van der Waals surface area contributed by atoms with Gasteiger partial charge in [-0.2, -0.15) is 0 Å². The van der Waals surface area contributed by atoms with Crippen molar-refractivity contribution in [1.29, 1.82) is 0 Å². The van der Waals surface area contributed by atoms with E-state index in [1.165, 1.54) is 5.56 Å². The van der Waals surface area contributed by atoms with Crippen LogP contribution >= 0.6 is 22.6 Å². The van der Waals surface area contributed by atoms with E-state index in [-0.39, 0.29) is 0 Å². The van der Waals surface area contributed by atoms with Crippen LogP contribution in [0.5, 0.6) is 0 Å². The summed E-state index contributed by atoms with van der Waals surface area (Å²) >= 11 is 1.98. The Morgan fingerprint density at radius 3 is 2.36 bits per heavy atom. The highest BCUT2D eigenvalue weighted by Crippen LogP contribution is 2.08. The Bertz CT molecular complexity index is 266. The topological polar surface area (TPSA) is 32.6 Å². The normalized spacial score (nSPS) is 11.6. The first kappa shape index (κ1) is 8.52. The third-order valence-corrected chi connectivity index (χ3v) is 2.22. The van der Waals surface area contributed by atoms with Gasteiger partial charge in [0.05, 0.1) is 0 Å². The number of hydrogen-bond donors (Lipinski definition) is 1. The summed E-state index contributed by atoms with van der Waals surface area (Å²) in [6.45, 7) is 2.02. The molecule has 1 aromatic carbocycles. The summed E-state index contributed by atoms with van der Waals surface area (Å²) in [5, 5.41) is 11.5. The molecule has 0 aromatic heterocycles. The van der Waals surface area contributed by atoms with E-state index in [4.69, 9.17) is 5.21 Å². The first-order chi connectivity index (χ1) is 5.24. The number of benzene rings is 1. The average Bonchev–Trinajstić information content (AvgIpc) is 2.05. The molecule has 1 rings (SSSR count). The molecule has 11 heavy (non-hydrogen) atoms. The minimum absolute atomic E-state index is 0.614. The van der Waals surface area contributed by atoms with Gasteiger partial charge in [0, 0.05) is 5.56 Å². The number of halogens is 1. The molecule has 1 N–H and O–H groups in total. The van der Waals surface area contributed by atoms with Crippen LogP contribution in [0.4, 0.5) is 0 Å². The zero-order chi connectivity index (χ0) is 8.27. The Morgan fingerprint density at radius 2 is 1.91 bits per heavy atom. The summed E-state index contributed by atoms with van der Waals surface area (Å²) in [6.07, 6.45) is 0. The second-order valence-electron chi connectivity index (χ2n) is 2.26. The van der Waals surface area contributed by atoms with Gasteiger partial charge in [-0.1, -0.05) is 35.0 Å². The van der Waals surface area contributed by atoms with E-state index < -0.39 is 0 Å². The lowest BCUT2D eigenvalue weighted by molar-refractivity contribution is 0.321. The van der Waals surface area contributed by atoms with E-state index in [9.17, 15) is 0 Å². The largest absolute Gasteiger partial charge is 0.410 e. The minimum atomic E-state index is 0.614. The number of aryl methyl sites for hydroxylation is 1. The van der Waals surface area contributed by atoms with Crippen molar-refractivity contribution in [3.8, 4) is 0 Å². The molecule has 1 aromatic rings. The second-order valence-corrected chi connectivity index (χ2v) is 3.28. The van der Waals surface area contributed by atoms with Crippen LogP contribution in [0, 0.1) is 6.92 Å². The number of nitrogens with zero attached hydrogens (tertiary/aromatic N) is 1. The van der Waals surface area contributed by atoms with E-state index >= 15 is 0 Å². The highest BCUT2D eigenvalue weighted by molar-refractivity contribution is 14.1. The van der Waals surface area contributed by atoms with Crippen molar-refractivity contribution in [3.05, 3.63) is 35.4 Å². The maximum atomic E-state index is 8.44. The number of rotatable bonds is 1. The van der Waals surface area contributed by atoms with Crippen molar-refractivity contribution in [1.82, 2.24) is 0 Å². The Balaban J connectivity index is 2.99. The molecule has 0 unspecified atom stereocenters. The van der Waals surface area contributed by atoms with Crippen LogP contribution in [0.1, 0.15) is 11.1 Å². The summed E-state index contributed by atoms with van der Waals surface area (Å²) in [5.41, 5.74) is 2.15. The average molecular weight is 261 g/mol. The monoisotopic (exact) mass is 261 g/mol. The summed E-state index contributed by atoms with van der Waals surface area (Å²) in [7, 11) is 0. The third-order valence-electron chi connectivity index (χ3n) is 1.38. The van der Waals surface area contributed by atoms with Crippen molar-refractivity contribution < 1.29 is 5.21 Å². The molecule has 2 nitrogen and oxygen atoms in total. The van der Waals surface area contributed by atoms with Gasteiger partial charge in [0.25, 0.3) is 0 Å². The van der Waals surface area contributed by atoms with Gasteiger partial charge in [0.1, 0.15) is 3.72 Å². The van der Waals surface area contributed by atoms with Gasteiger partial charge >= 0.3 is 0 Å². The molecule has 0 bridgehead atoms. The van der Waals surface area contributed by atoms with Crippen LogP contribution in [-0.4, -0.2) is 8.93 Å². The lowest BCUT2D eigenvalue weighted by Crippen LogP contribution is -1.88. The van der Waals surface area contributed by atoms with Gasteiger partial charge < -0.3 is 5.21 Å². The smallest absolute Gasteiger partial charge is 0.147 e. The van der Waals surface area contributed by atoms with Crippen LogP contribution in [0.15, 0.2) is 29.4 Å². The quantitative estimate of drug-likeness (QED) is 0.358. The molecule has 0 aliphatic heterocycles. The fourth-order valence-electron chi connectivity index (χ4n) is 0.749. The molecule has 0 aliphatic carbocycles. The number of hydrogen-bond acceptors (Lipinski definition) is 2. The fourth-order valence-corrected chi connectivity index (χ4v) is 1.11. The Kier molecular flexibility index (Phi) is 2.87. The molecule has 0 fully saturated rings. The first-order valence-electron chi connectivity index (χ1n) is 3.18. The van der Waals surface area contributed by atoms with Crippen LogP contribution in [0.2, 0.25) is 0 Å². The molecule has 3 heteroatoms. The van der Waals surface area contributed by atoms with Gasteiger partial charge in [0.15, 0.2) is 0 Å². The molecule has 0 saturated carbocycles. The molecule has 58 valence electrons. The summed E-state index contributed by atoms with van der Waals surface area (Å²) in [4.78, 5) is 0. The van der Waals surface area contributed by atoms with Crippen molar-refractivity contribution >= 4 is 26.3 Å². The third kappa shape index (κ3) is 2.18. The van der Waals surface area contributed by atoms with Gasteiger partial charge in [-0.15, -0.1) is 0 Å². The van der Waals surface area contributed by atoms with Gasteiger partial charge in [-0.3, -0.25) is 0 Å². The van der Waals surface area contributed by atoms with Crippen molar-refractivity contribution in [2.45, 2.75) is 6.92 Å². The second kappa shape index (κ2) is 3.71. The molecular weight excluding hydrogens is 253 g/mol. The van der Waals surface area contributed by atoms with Crippen LogP contribution in [0.25, 0.3) is 0 Å². The van der Waals surface area contributed by atoms with E-state index in [1.807, 2.05) is 53.8 Å². The summed E-state index contributed by atoms with van der Waals surface area (Å²) < 4.78 is 0.614. The Morgan fingerprint density at radius 1 is 1.36 bits per heavy atom. The Hall–Kier alpha value is -0.580. The SMILES string of the molecule is Cc1ccc(/C(I)=N\O)cc1. The minimum Gasteiger partial charge on any atom is -0.410 e. The lowest BCUT2D eigenvalue weighted by atomic mass is 10.2. The molecule has 0 saturated heterocycles. The van der Waals surface area contributed by atoms with Crippen molar-refractivity contribution in [3.63, 3.8) is 0 Å². The van der Waals surface area contributed by atoms with Crippen LogP contribution in [-0.2, 0) is 0 Å². The number of oxime groups is 1. The molecule has 0 spiro atoms. The maximum absolute atomic E-state index is 8.44. The van der Waals surface area contributed by atoms with E-state index in [0.29, 0.717) is 3.72 Å². The molecule has 0 radical (unpaired) electrons. The zero-order valence-electron chi connectivity index (χ0n) is 6.08. The highest BCUT2D eigenvalue weighted by atomic mass is 127. The summed E-state index contributed by atoms with van der Waals surface area (Å²) in [5.74, 6) is 0. The fraction of sp³-hybridized carbons (Fsp3) is 0.125. The van der Waals surface area contributed by atoms with E-state index in [2.05, 4.69) is 5.16 Å². The molecule has 0 aliphatic rings.